The fraction of sp³-hybridized carbons (Fsp3) is 0.458. The van der Waals surface area contributed by atoms with Gasteiger partial charge in [0.2, 0.25) is 0 Å². The van der Waals surface area contributed by atoms with E-state index in [2.05, 4.69) is 19.1 Å². The van der Waals surface area contributed by atoms with E-state index in [-0.39, 0.29) is 24.1 Å². The highest BCUT2D eigenvalue weighted by Gasteiger charge is 2.31. The van der Waals surface area contributed by atoms with Crippen molar-refractivity contribution in [3.63, 3.8) is 0 Å². The molecule has 1 N–H and O–H groups in total. The number of carbonyl (C=O) groups is 1. The Kier molecular flexibility index (Phi) is 8.21. The number of hydrogen-bond acceptors (Lipinski definition) is 3. The number of rotatable bonds is 5. The van der Waals surface area contributed by atoms with E-state index in [9.17, 15) is 14.3 Å². The highest BCUT2D eigenvalue weighted by atomic mass is 19.1. The molecule has 2 atom stereocenters. The maximum atomic E-state index is 13.0. The highest BCUT2D eigenvalue weighted by Crippen LogP contribution is 2.27. The SMILES string of the molecule is CC(c1ccc(F)cc1)N1CCC(CCC(C)(C)O)OC1=O.Cc1ccccc1. The Hall–Kier alpha value is -2.40. The summed E-state index contributed by atoms with van der Waals surface area (Å²) in [6, 6.07) is 16.3. The zero-order valence-electron chi connectivity index (χ0n) is 17.8. The average Bonchev–Trinajstić information content (AvgIpc) is 2.67. The van der Waals surface area contributed by atoms with E-state index >= 15 is 0 Å². The minimum atomic E-state index is -0.745. The van der Waals surface area contributed by atoms with Gasteiger partial charge in [-0.2, -0.15) is 0 Å². The fourth-order valence-corrected chi connectivity index (χ4v) is 3.17. The molecule has 0 radical (unpaired) electrons. The van der Waals surface area contributed by atoms with E-state index in [1.54, 1.807) is 30.9 Å². The van der Waals surface area contributed by atoms with E-state index in [0.717, 1.165) is 12.0 Å². The van der Waals surface area contributed by atoms with E-state index < -0.39 is 5.60 Å². The van der Waals surface area contributed by atoms with Gasteiger partial charge < -0.3 is 14.7 Å². The van der Waals surface area contributed by atoms with Crippen LogP contribution in [0.3, 0.4) is 0 Å². The number of halogens is 1. The Morgan fingerprint density at radius 2 is 1.79 bits per heavy atom. The summed E-state index contributed by atoms with van der Waals surface area (Å²) in [6.07, 6.45) is 1.51. The molecular formula is C24H32FNO3. The third-order valence-corrected chi connectivity index (χ3v) is 5.03. The van der Waals surface area contributed by atoms with Crippen molar-refractivity contribution < 1.29 is 19.0 Å². The molecule has 1 fully saturated rings. The van der Waals surface area contributed by atoms with Gasteiger partial charge in [0.1, 0.15) is 11.9 Å². The molecule has 2 aromatic rings. The zero-order chi connectivity index (χ0) is 21.4. The Morgan fingerprint density at radius 1 is 1.17 bits per heavy atom. The minimum absolute atomic E-state index is 0.143. The molecular weight excluding hydrogens is 369 g/mol. The lowest BCUT2D eigenvalue weighted by molar-refractivity contribution is -0.00600. The fourth-order valence-electron chi connectivity index (χ4n) is 3.17. The molecule has 3 rings (SSSR count). The van der Waals surface area contributed by atoms with E-state index in [4.69, 9.17) is 4.74 Å². The van der Waals surface area contributed by atoms with Gasteiger partial charge in [-0.1, -0.05) is 48.0 Å². The Balaban J connectivity index is 0.000000360. The van der Waals surface area contributed by atoms with Crippen LogP contribution in [0.5, 0.6) is 0 Å². The number of aryl methyl sites for hydroxylation is 1. The molecule has 0 bridgehead atoms. The Morgan fingerprint density at radius 3 is 2.28 bits per heavy atom. The van der Waals surface area contributed by atoms with Gasteiger partial charge in [-0.05, 0) is 58.2 Å². The van der Waals surface area contributed by atoms with Crippen LogP contribution < -0.4 is 0 Å². The second-order valence-electron chi connectivity index (χ2n) is 8.22. The minimum Gasteiger partial charge on any atom is -0.446 e. The van der Waals surface area contributed by atoms with Gasteiger partial charge in [0, 0.05) is 13.0 Å². The molecule has 0 spiro atoms. The number of aliphatic hydroxyl groups is 1. The van der Waals surface area contributed by atoms with Crippen LogP contribution in [0.15, 0.2) is 54.6 Å². The van der Waals surface area contributed by atoms with Crippen LogP contribution in [0.25, 0.3) is 0 Å². The first-order valence-electron chi connectivity index (χ1n) is 10.1. The van der Waals surface area contributed by atoms with Gasteiger partial charge in [0.25, 0.3) is 0 Å². The molecule has 0 saturated carbocycles. The summed E-state index contributed by atoms with van der Waals surface area (Å²) < 4.78 is 18.4. The molecule has 1 heterocycles. The Bertz CT molecular complexity index is 756. The maximum Gasteiger partial charge on any atom is 0.410 e. The molecule has 29 heavy (non-hydrogen) atoms. The monoisotopic (exact) mass is 401 g/mol. The standard InChI is InChI=1S/C17H24FNO3.C7H8/c1-12(13-4-6-14(18)7-5-13)19-11-9-15(22-16(19)20)8-10-17(2,3)21;1-7-5-3-2-4-6-7/h4-7,12,15,21H,8-11H2,1-3H3;2-6H,1H3. The summed E-state index contributed by atoms with van der Waals surface area (Å²) in [5.41, 5.74) is 1.46. The van der Waals surface area contributed by atoms with E-state index in [0.29, 0.717) is 19.4 Å². The summed E-state index contributed by atoms with van der Waals surface area (Å²) in [5, 5.41) is 9.74. The zero-order valence-corrected chi connectivity index (χ0v) is 17.8. The first-order chi connectivity index (χ1) is 13.7. The molecule has 158 valence electrons. The molecule has 5 heteroatoms. The molecule has 1 aliphatic rings. The Labute approximate surface area is 173 Å². The van der Waals surface area contributed by atoms with Crippen molar-refractivity contribution in [3.8, 4) is 0 Å². The second kappa shape index (κ2) is 10.4. The van der Waals surface area contributed by atoms with Gasteiger partial charge in [-0.15, -0.1) is 0 Å². The average molecular weight is 402 g/mol. The molecule has 4 nitrogen and oxygen atoms in total. The molecule has 2 aromatic carbocycles. The van der Waals surface area contributed by atoms with Crippen molar-refractivity contribution in [2.45, 2.75) is 64.7 Å². The first kappa shape index (κ1) is 22.9. The molecule has 0 aromatic heterocycles. The summed E-state index contributed by atoms with van der Waals surface area (Å²) in [5.74, 6) is -0.288. The van der Waals surface area contributed by atoms with E-state index in [1.807, 2.05) is 25.1 Å². The lowest BCUT2D eigenvalue weighted by atomic mass is 9.98. The smallest absolute Gasteiger partial charge is 0.410 e. The largest absolute Gasteiger partial charge is 0.446 e. The van der Waals surface area contributed by atoms with Crippen LogP contribution in [-0.4, -0.2) is 34.3 Å². The molecule has 1 saturated heterocycles. The second-order valence-corrected chi connectivity index (χ2v) is 8.22. The summed E-state index contributed by atoms with van der Waals surface area (Å²) in [7, 11) is 0. The van der Waals surface area contributed by atoms with Crippen molar-refractivity contribution in [3.05, 3.63) is 71.5 Å². The van der Waals surface area contributed by atoms with Crippen LogP contribution in [0.4, 0.5) is 9.18 Å². The molecule has 1 amide bonds. The molecule has 2 unspecified atom stereocenters. The lowest BCUT2D eigenvalue weighted by Crippen LogP contribution is -2.43. The number of carbonyl (C=O) groups excluding carboxylic acids is 1. The number of nitrogens with zero attached hydrogens (tertiary/aromatic N) is 1. The van der Waals surface area contributed by atoms with Gasteiger partial charge in [0.05, 0.1) is 11.6 Å². The van der Waals surface area contributed by atoms with Crippen LogP contribution in [0.1, 0.15) is 57.2 Å². The molecule has 1 aliphatic heterocycles. The molecule has 0 aliphatic carbocycles. The predicted octanol–water partition coefficient (Wildman–Crippen LogP) is 5.64. The van der Waals surface area contributed by atoms with Crippen molar-refractivity contribution in [2.75, 3.05) is 6.54 Å². The summed E-state index contributed by atoms with van der Waals surface area (Å²) in [6.45, 7) is 8.10. The van der Waals surface area contributed by atoms with Crippen molar-refractivity contribution >= 4 is 6.09 Å². The predicted molar refractivity (Wildman–Crippen MR) is 113 cm³/mol. The van der Waals surface area contributed by atoms with Crippen molar-refractivity contribution in [1.29, 1.82) is 0 Å². The number of ether oxygens (including phenoxy) is 1. The maximum absolute atomic E-state index is 13.0. The van der Waals surface area contributed by atoms with Crippen LogP contribution in [0, 0.1) is 12.7 Å². The number of amides is 1. The topological polar surface area (TPSA) is 49.8 Å². The third kappa shape index (κ3) is 7.86. The van der Waals surface area contributed by atoms with Gasteiger partial charge in [-0.3, -0.25) is 0 Å². The highest BCUT2D eigenvalue weighted by molar-refractivity contribution is 5.69. The number of benzene rings is 2. The quantitative estimate of drug-likeness (QED) is 0.705. The summed E-state index contributed by atoms with van der Waals surface area (Å²) >= 11 is 0. The summed E-state index contributed by atoms with van der Waals surface area (Å²) in [4.78, 5) is 13.8. The van der Waals surface area contributed by atoms with Crippen LogP contribution in [0.2, 0.25) is 0 Å². The van der Waals surface area contributed by atoms with Crippen molar-refractivity contribution in [2.24, 2.45) is 0 Å². The van der Waals surface area contributed by atoms with Crippen molar-refractivity contribution in [1.82, 2.24) is 4.90 Å². The van der Waals surface area contributed by atoms with Crippen LogP contribution >= 0.6 is 0 Å². The number of cyclic esters (lactones) is 1. The lowest BCUT2D eigenvalue weighted by Gasteiger charge is -2.36. The normalized spacial score (nSPS) is 17.8. The third-order valence-electron chi connectivity index (χ3n) is 5.03. The van der Waals surface area contributed by atoms with Gasteiger partial charge in [-0.25, -0.2) is 9.18 Å². The first-order valence-corrected chi connectivity index (χ1v) is 10.1. The number of hydrogen-bond donors (Lipinski definition) is 1. The van der Waals surface area contributed by atoms with Gasteiger partial charge in [0.15, 0.2) is 0 Å². The van der Waals surface area contributed by atoms with Gasteiger partial charge >= 0.3 is 6.09 Å². The van der Waals surface area contributed by atoms with Crippen LogP contribution in [-0.2, 0) is 4.74 Å². The van der Waals surface area contributed by atoms with E-state index in [1.165, 1.54) is 17.7 Å².